The molecular weight excluding hydrogens is 447 g/mol. The van der Waals surface area contributed by atoms with Crippen LogP contribution in [-0.2, 0) is 0 Å². The summed E-state index contributed by atoms with van der Waals surface area (Å²) in [5.74, 6) is -1.71. The second kappa shape index (κ2) is 9.30. The van der Waals surface area contributed by atoms with E-state index in [0.29, 0.717) is 12.5 Å². The van der Waals surface area contributed by atoms with Crippen molar-refractivity contribution >= 4 is 11.7 Å². The van der Waals surface area contributed by atoms with Crippen LogP contribution in [0, 0.1) is 13.8 Å². The normalized spacial score (nSPS) is 14.2. The second-order valence-electron chi connectivity index (χ2n) is 8.29. The molecule has 0 aromatic heterocycles. The summed E-state index contributed by atoms with van der Waals surface area (Å²) in [4.78, 5) is 25.7. The summed E-state index contributed by atoms with van der Waals surface area (Å²) < 4.78 is 41.7. The van der Waals surface area contributed by atoms with Crippen molar-refractivity contribution in [2.24, 2.45) is 0 Å². The predicted octanol–water partition coefficient (Wildman–Crippen LogP) is 5.02. The third-order valence-electron chi connectivity index (χ3n) is 5.74. The Bertz CT molecular complexity index is 1200. The van der Waals surface area contributed by atoms with Crippen molar-refractivity contribution < 1.29 is 33.0 Å². The SMILES string of the molecule is Cc1cc(C(=O)c2ccccc2)cc(C)c1C(NC(=O)c1ccccc1O)C(C)(O)C(F)(F)F. The standard InChI is InChI=1S/C26H24F3NO4/c1-15-13-18(22(32)17-9-5-4-6-10-17)14-16(2)21(15)23(25(3,34)26(27,28)29)30-24(33)19-11-7-8-12-20(19)31/h4-14,23,31,34H,1-3H3,(H,30,33). The van der Waals surface area contributed by atoms with Gasteiger partial charge in [0.2, 0.25) is 0 Å². The van der Waals surface area contributed by atoms with Crippen molar-refractivity contribution in [1.82, 2.24) is 5.32 Å². The lowest BCUT2D eigenvalue weighted by atomic mass is 9.83. The first kappa shape index (κ1) is 25.0. The molecule has 0 saturated heterocycles. The lowest BCUT2D eigenvalue weighted by Crippen LogP contribution is -2.54. The van der Waals surface area contributed by atoms with Crippen molar-refractivity contribution in [2.75, 3.05) is 0 Å². The number of nitrogens with one attached hydrogen (secondary N) is 1. The number of hydrogen-bond donors (Lipinski definition) is 3. The highest BCUT2D eigenvalue weighted by Crippen LogP contribution is 2.42. The third-order valence-corrected chi connectivity index (χ3v) is 5.74. The molecule has 3 aromatic carbocycles. The molecule has 2 atom stereocenters. The maximum Gasteiger partial charge on any atom is 0.419 e. The lowest BCUT2D eigenvalue weighted by molar-refractivity contribution is -0.263. The topological polar surface area (TPSA) is 86.6 Å². The monoisotopic (exact) mass is 471 g/mol. The van der Waals surface area contributed by atoms with E-state index in [0.717, 1.165) is 0 Å². The highest BCUT2D eigenvalue weighted by atomic mass is 19.4. The summed E-state index contributed by atoms with van der Waals surface area (Å²) in [6.45, 7) is 3.59. The number of phenols is 1. The van der Waals surface area contributed by atoms with Crippen LogP contribution in [0.25, 0.3) is 0 Å². The van der Waals surface area contributed by atoms with Gasteiger partial charge in [-0.3, -0.25) is 9.59 Å². The van der Waals surface area contributed by atoms with Crippen molar-refractivity contribution in [2.45, 2.75) is 38.6 Å². The van der Waals surface area contributed by atoms with Gasteiger partial charge in [-0.05, 0) is 61.7 Å². The summed E-state index contributed by atoms with van der Waals surface area (Å²) in [5.41, 5.74) is -2.32. The van der Waals surface area contributed by atoms with Gasteiger partial charge in [0.15, 0.2) is 11.4 Å². The average molecular weight is 471 g/mol. The Balaban J connectivity index is 2.10. The van der Waals surface area contributed by atoms with Crippen molar-refractivity contribution in [3.05, 3.63) is 100 Å². The number of hydrogen-bond acceptors (Lipinski definition) is 4. The molecule has 0 heterocycles. The lowest BCUT2D eigenvalue weighted by Gasteiger charge is -2.37. The Kier molecular flexibility index (Phi) is 6.84. The summed E-state index contributed by atoms with van der Waals surface area (Å²) in [7, 11) is 0. The molecule has 34 heavy (non-hydrogen) atoms. The highest BCUT2D eigenvalue weighted by Gasteiger charge is 2.56. The van der Waals surface area contributed by atoms with Gasteiger partial charge in [-0.1, -0.05) is 42.5 Å². The zero-order chi connectivity index (χ0) is 25.3. The molecule has 8 heteroatoms. The molecule has 0 aliphatic carbocycles. The van der Waals surface area contributed by atoms with Crippen molar-refractivity contribution in [3.63, 3.8) is 0 Å². The van der Waals surface area contributed by atoms with Crippen LogP contribution in [0.4, 0.5) is 13.2 Å². The van der Waals surface area contributed by atoms with Crippen LogP contribution in [0.15, 0.2) is 66.7 Å². The number of amides is 1. The highest BCUT2D eigenvalue weighted by molar-refractivity contribution is 6.09. The van der Waals surface area contributed by atoms with E-state index in [-0.39, 0.29) is 33.6 Å². The Morgan fingerprint density at radius 3 is 1.94 bits per heavy atom. The number of rotatable bonds is 6. The number of carbonyl (C=O) groups is 2. The van der Waals surface area contributed by atoms with Gasteiger partial charge in [0.25, 0.3) is 5.91 Å². The van der Waals surface area contributed by atoms with Crippen molar-refractivity contribution in [3.8, 4) is 5.75 Å². The Labute approximate surface area is 194 Å². The first-order valence-electron chi connectivity index (χ1n) is 10.4. The molecule has 0 saturated carbocycles. The number of benzene rings is 3. The summed E-state index contributed by atoms with van der Waals surface area (Å²) in [5, 5.41) is 22.8. The van der Waals surface area contributed by atoms with Gasteiger partial charge < -0.3 is 15.5 Å². The number of aromatic hydroxyl groups is 1. The third kappa shape index (κ3) is 4.82. The predicted molar refractivity (Wildman–Crippen MR) is 121 cm³/mol. The van der Waals surface area contributed by atoms with E-state index >= 15 is 0 Å². The van der Waals surface area contributed by atoms with E-state index in [1.165, 1.54) is 50.2 Å². The van der Waals surface area contributed by atoms with Crippen LogP contribution in [-0.4, -0.2) is 33.7 Å². The number of carbonyl (C=O) groups excluding carboxylic acids is 2. The fraction of sp³-hybridized carbons (Fsp3) is 0.231. The van der Waals surface area contributed by atoms with E-state index in [2.05, 4.69) is 5.32 Å². The molecule has 3 aromatic rings. The first-order chi connectivity index (χ1) is 15.8. The molecular formula is C26H24F3NO4. The number of para-hydroxylation sites is 1. The number of aryl methyl sites for hydroxylation is 2. The summed E-state index contributed by atoms with van der Waals surface area (Å²) in [6.07, 6.45) is -5.10. The molecule has 0 aliphatic heterocycles. The van der Waals surface area contributed by atoms with Gasteiger partial charge in [0.05, 0.1) is 11.6 Å². The van der Waals surface area contributed by atoms with Crippen LogP contribution in [0.5, 0.6) is 5.75 Å². The smallest absolute Gasteiger partial charge is 0.419 e. The van der Waals surface area contributed by atoms with E-state index in [4.69, 9.17) is 0 Å². The zero-order valence-corrected chi connectivity index (χ0v) is 18.8. The molecule has 3 rings (SSSR count). The van der Waals surface area contributed by atoms with E-state index in [1.54, 1.807) is 30.3 Å². The van der Waals surface area contributed by atoms with Crippen LogP contribution in [0.3, 0.4) is 0 Å². The molecule has 0 radical (unpaired) electrons. The molecule has 5 nitrogen and oxygen atoms in total. The summed E-state index contributed by atoms with van der Waals surface area (Å²) >= 11 is 0. The van der Waals surface area contributed by atoms with Crippen LogP contribution >= 0.6 is 0 Å². The van der Waals surface area contributed by atoms with Gasteiger partial charge in [-0.2, -0.15) is 13.2 Å². The number of ketones is 1. The minimum atomic E-state index is -5.10. The van der Waals surface area contributed by atoms with Gasteiger partial charge in [0.1, 0.15) is 5.75 Å². The Morgan fingerprint density at radius 1 is 0.882 bits per heavy atom. The maximum atomic E-state index is 13.9. The second-order valence-corrected chi connectivity index (χ2v) is 8.29. The summed E-state index contributed by atoms with van der Waals surface area (Å²) in [6, 6.07) is 14.8. The minimum Gasteiger partial charge on any atom is -0.507 e. The van der Waals surface area contributed by atoms with E-state index < -0.39 is 29.5 Å². The first-order valence-corrected chi connectivity index (χ1v) is 10.4. The largest absolute Gasteiger partial charge is 0.507 e. The van der Waals surface area contributed by atoms with Gasteiger partial charge in [-0.25, -0.2) is 0 Å². The molecule has 0 aliphatic rings. The van der Waals surface area contributed by atoms with E-state index in [1.807, 2.05) is 0 Å². The fourth-order valence-electron chi connectivity index (χ4n) is 3.85. The number of halogens is 3. The molecule has 2 unspecified atom stereocenters. The Morgan fingerprint density at radius 2 is 1.41 bits per heavy atom. The average Bonchev–Trinajstić information content (AvgIpc) is 2.77. The minimum absolute atomic E-state index is 0.0238. The van der Waals surface area contributed by atoms with Crippen LogP contribution in [0.1, 0.15) is 55.9 Å². The quantitative estimate of drug-likeness (QED) is 0.441. The van der Waals surface area contributed by atoms with E-state index in [9.17, 15) is 33.0 Å². The zero-order valence-electron chi connectivity index (χ0n) is 18.8. The fourth-order valence-corrected chi connectivity index (χ4v) is 3.85. The number of alkyl halides is 3. The number of phenolic OH excluding ortho intramolecular Hbond substituents is 1. The molecule has 3 N–H and O–H groups in total. The number of aliphatic hydroxyl groups is 1. The molecule has 0 spiro atoms. The van der Waals surface area contributed by atoms with Gasteiger partial charge in [0, 0.05) is 11.1 Å². The molecule has 178 valence electrons. The van der Waals surface area contributed by atoms with Gasteiger partial charge >= 0.3 is 6.18 Å². The molecule has 0 bridgehead atoms. The van der Waals surface area contributed by atoms with Crippen LogP contribution < -0.4 is 5.32 Å². The van der Waals surface area contributed by atoms with Crippen LogP contribution in [0.2, 0.25) is 0 Å². The Hall–Kier alpha value is -3.65. The molecule has 1 amide bonds. The molecule has 0 fully saturated rings. The maximum absolute atomic E-state index is 13.9. The van der Waals surface area contributed by atoms with Crippen molar-refractivity contribution in [1.29, 1.82) is 0 Å². The van der Waals surface area contributed by atoms with Gasteiger partial charge in [-0.15, -0.1) is 0 Å².